The minimum Gasteiger partial charge on any atom is -0.469 e. The molecule has 0 saturated carbocycles. The highest BCUT2D eigenvalue weighted by Crippen LogP contribution is 2.15. The number of ether oxygens (including phenoxy) is 2. The van der Waals surface area contributed by atoms with E-state index in [0.717, 1.165) is 0 Å². The summed E-state index contributed by atoms with van der Waals surface area (Å²) in [6.45, 7) is 1.59. The van der Waals surface area contributed by atoms with Gasteiger partial charge in [-0.15, -0.1) is 0 Å². The van der Waals surface area contributed by atoms with Gasteiger partial charge in [0, 0.05) is 0 Å². The lowest BCUT2D eigenvalue weighted by molar-refractivity contribution is -0.150. The van der Waals surface area contributed by atoms with Crippen LogP contribution in [-0.2, 0) is 19.1 Å². The zero-order valence-electron chi connectivity index (χ0n) is 7.17. The van der Waals surface area contributed by atoms with Crippen molar-refractivity contribution in [3.8, 4) is 0 Å². The molecule has 2 unspecified atom stereocenters. The summed E-state index contributed by atoms with van der Waals surface area (Å²) in [5.41, 5.74) is 0. The fourth-order valence-corrected chi connectivity index (χ4v) is 1.02. The number of alkyl halides is 1. The molecule has 0 aromatic heterocycles. The molecular formula is C7H11BrO4. The Balaban J connectivity index is 4.18. The summed E-state index contributed by atoms with van der Waals surface area (Å²) in [7, 11) is 2.54. The van der Waals surface area contributed by atoms with Crippen molar-refractivity contribution in [2.75, 3.05) is 14.2 Å². The molecule has 0 heterocycles. The fraction of sp³-hybridized carbons (Fsp3) is 0.714. The van der Waals surface area contributed by atoms with Gasteiger partial charge in [0.15, 0.2) is 0 Å². The molecule has 0 rings (SSSR count). The molecule has 0 aliphatic carbocycles. The molecule has 0 aliphatic rings. The highest BCUT2D eigenvalue weighted by molar-refractivity contribution is 9.10. The molecular weight excluding hydrogens is 228 g/mol. The highest BCUT2D eigenvalue weighted by Gasteiger charge is 2.28. The largest absolute Gasteiger partial charge is 0.469 e. The Hall–Kier alpha value is -0.580. The highest BCUT2D eigenvalue weighted by atomic mass is 79.9. The van der Waals surface area contributed by atoms with Crippen LogP contribution in [0.2, 0.25) is 0 Å². The van der Waals surface area contributed by atoms with Gasteiger partial charge < -0.3 is 9.47 Å². The molecule has 2 atom stereocenters. The van der Waals surface area contributed by atoms with Crippen LogP contribution >= 0.6 is 15.9 Å². The molecule has 0 saturated heterocycles. The monoisotopic (exact) mass is 238 g/mol. The van der Waals surface area contributed by atoms with E-state index in [-0.39, 0.29) is 0 Å². The van der Waals surface area contributed by atoms with Crippen molar-refractivity contribution < 1.29 is 19.1 Å². The third kappa shape index (κ3) is 2.81. The maximum atomic E-state index is 10.9. The number of carbonyl (C=O) groups excluding carboxylic acids is 2. The van der Waals surface area contributed by atoms with Crippen molar-refractivity contribution in [3.05, 3.63) is 0 Å². The van der Waals surface area contributed by atoms with Crippen LogP contribution in [0, 0.1) is 5.92 Å². The van der Waals surface area contributed by atoms with Gasteiger partial charge in [-0.1, -0.05) is 22.9 Å². The number of hydrogen-bond donors (Lipinski definition) is 0. The van der Waals surface area contributed by atoms with Gasteiger partial charge in [0.1, 0.15) is 4.83 Å². The summed E-state index contributed by atoms with van der Waals surface area (Å²) in [6, 6.07) is 0. The SMILES string of the molecule is COC(=O)C(C)C(Br)C(=O)OC. The Bertz CT molecular complexity index is 160. The van der Waals surface area contributed by atoms with Crippen molar-refractivity contribution in [1.29, 1.82) is 0 Å². The molecule has 0 fully saturated rings. The van der Waals surface area contributed by atoms with E-state index >= 15 is 0 Å². The van der Waals surface area contributed by atoms with Gasteiger partial charge in [-0.05, 0) is 0 Å². The minimum absolute atomic E-state index is 0.442. The standard InChI is InChI=1S/C7H11BrO4/c1-4(6(9)11-2)5(8)7(10)12-3/h4-5H,1-3H3. The van der Waals surface area contributed by atoms with Crippen molar-refractivity contribution >= 4 is 27.9 Å². The van der Waals surface area contributed by atoms with E-state index < -0.39 is 22.7 Å². The van der Waals surface area contributed by atoms with E-state index in [1.807, 2.05) is 0 Å². The number of halogens is 1. The quantitative estimate of drug-likeness (QED) is 0.538. The van der Waals surface area contributed by atoms with E-state index in [1.54, 1.807) is 6.92 Å². The molecule has 0 aliphatic heterocycles. The van der Waals surface area contributed by atoms with E-state index in [2.05, 4.69) is 25.4 Å². The van der Waals surface area contributed by atoms with E-state index in [0.29, 0.717) is 0 Å². The molecule has 0 radical (unpaired) electrons. The maximum Gasteiger partial charge on any atom is 0.320 e. The number of carbonyl (C=O) groups is 2. The van der Waals surface area contributed by atoms with Crippen molar-refractivity contribution in [1.82, 2.24) is 0 Å². The first-order valence-corrected chi connectivity index (χ1v) is 4.25. The number of methoxy groups -OCH3 is 2. The molecule has 5 heteroatoms. The Kier molecular flexibility index (Phi) is 4.89. The van der Waals surface area contributed by atoms with Crippen LogP contribution in [-0.4, -0.2) is 31.0 Å². The fourth-order valence-electron chi connectivity index (χ4n) is 0.622. The number of hydrogen-bond acceptors (Lipinski definition) is 4. The Morgan fingerprint density at radius 2 is 1.58 bits per heavy atom. The smallest absolute Gasteiger partial charge is 0.320 e. The molecule has 0 bridgehead atoms. The maximum absolute atomic E-state index is 10.9. The lowest BCUT2D eigenvalue weighted by atomic mass is 10.1. The second kappa shape index (κ2) is 5.13. The summed E-state index contributed by atoms with van der Waals surface area (Å²) < 4.78 is 8.89. The minimum atomic E-state index is -0.644. The zero-order valence-corrected chi connectivity index (χ0v) is 8.75. The molecule has 0 aromatic rings. The van der Waals surface area contributed by atoms with Crippen LogP contribution in [0.1, 0.15) is 6.92 Å². The molecule has 0 amide bonds. The van der Waals surface area contributed by atoms with Crippen molar-refractivity contribution in [3.63, 3.8) is 0 Å². The van der Waals surface area contributed by atoms with Gasteiger partial charge in [-0.25, -0.2) is 0 Å². The van der Waals surface area contributed by atoms with E-state index in [1.165, 1.54) is 14.2 Å². The normalized spacial score (nSPS) is 14.7. The number of rotatable bonds is 3. The Labute approximate surface area is 79.3 Å². The predicted molar refractivity (Wildman–Crippen MR) is 45.9 cm³/mol. The number of esters is 2. The summed E-state index contributed by atoms with van der Waals surface area (Å²) >= 11 is 3.03. The molecule has 0 spiro atoms. The van der Waals surface area contributed by atoms with Gasteiger partial charge >= 0.3 is 11.9 Å². The van der Waals surface area contributed by atoms with E-state index in [4.69, 9.17) is 0 Å². The first-order valence-electron chi connectivity index (χ1n) is 3.34. The van der Waals surface area contributed by atoms with Gasteiger partial charge in [0.2, 0.25) is 0 Å². The Morgan fingerprint density at radius 3 is 1.92 bits per heavy atom. The predicted octanol–water partition coefficient (Wildman–Crippen LogP) is 0.732. The zero-order chi connectivity index (χ0) is 9.72. The van der Waals surface area contributed by atoms with Gasteiger partial charge in [-0.2, -0.15) is 0 Å². The van der Waals surface area contributed by atoms with Crippen LogP contribution in [0.4, 0.5) is 0 Å². The molecule has 70 valence electrons. The summed E-state index contributed by atoms with van der Waals surface area (Å²) in [5.74, 6) is -1.46. The first kappa shape index (κ1) is 11.4. The lowest BCUT2D eigenvalue weighted by Gasteiger charge is -2.13. The van der Waals surface area contributed by atoms with Crippen LogP contribution in [0.15, 0.2) is 0 Å². The van der Waals surface area contributed by atoms with Gasteiger partial charge in [0.05, 0.1) is 20.1 Å². The van der Waals surface area contributed by atoms with Gasteiger partial charge in [0.25, 0.3) is 0 Å². The molecule has 0 N–H and O–H groups in total. The third-order valence-corrected chi connectivity index (χ3v) is 2.61. The van der Waals surface area contributed by atoms with Crippen LogP contribution in [0.3, 0.4) is 0 Å². The second-order valence-electron chi connectivity index (χ2n) is 2.24. The first-order chi connectivity index (χ1) is 5.54. The summed E-state index contributed by atoms with van der Waals surface area (Å²) in [4.78, 5) is 21.2. The van der Waals surface area contributed by atoms with Crippen LogP contribution < -0.4 is 0 Å². The van der Waals surface area contributed by atoms with E-state index in [9.17, 15) is 9.59 Å². The van der Waals surface area contributed by atoms with Crippen LogP contribution in [0.5, 0.6) is 0 Å². The van der Waals surface area contributed by atoms with Crippen molar-refractivity contribution in [2.45, 2.75) is 11.8 Å². The summed E-state index contributed by atoms with van der Waals surface area (Å²) in [5, 5.41) is 0. The topological polar surface area (TPSA) is 52.6 Å². The van der Waals surface area contributed by atoms with Crippen molar-refractivity contribution in [2.24, 2.45) is 5.92 Å². The second-order valence-corrected chi connectivity index (χ2v) is 3.22. The average molecular weight is 239 g/mol. The average Bonchev–Trinajstić information content (AvgIpc) is 2.12. The molecule has 12 heavy (non-hydrogen) atoms. The van der Waals surface area contributed by atoms with Gasteiger partial charge in [-0.3, -0.25) is 9.59 Å². The third-order valence-electron chi connectivity index (χ3n) is 1.44. The molecule has 4 nitrogen and oxygen atoms in total. The Morgan fingerprint density at radius 1 is 1.17 bits per heavy atom. The van der Waals surface area contributed by atoms with Crippen LogP contribution in [0.25, 0.3) is 0 Å². The molecule has 0 aromatic carbocycles. The summed E-state index contributed by atoms with van der Waals surface area (Å²) in [6.07, 6.45) is 0. The lowest BCUT2D eigenvalue weighted by Crippen LogP contribution is -2.29.